The number of thiophene rings is 1. The average Bonchev–Trinajstić information content (AvgIpc) is 2.76. The van der Waals surface area contributed by atoms with E-state index in [1.54, 1.807) is 7.11 Å². The number of hydrogen-bond acceptors (Lipinski definition) is 4. The smallest absolute Gasteiger partial charge is 0.172 e. The third kappa shape index (κ3) is 5.35. The topological polar surface area (TPSA) is 26.3 Å². The highest BCUT2D eigenvalue weighted by Gasteiger charge is 2.05. The van der Waals surface area contributed by atoms with E-state index in [-0.39, 0.29) is 5.78 Å². The Hall–Kier alpha value is -0.320. The molecular formula is C11H16O2S2. The molecule has 15 heavy (non-hydrogen) atoms. The van der Waals surface area contributed by atoms with E-state index in [0.717, 1.165) is 29.4 Å². The molecule has 0 aliphatic carbocycles. The Labute approximate surface area is 99.0 Å². The number of ketones is 1. The van der Waals surface area contributed by atoms with Gasteiger partial charge in [0.05, 0.1) is 11.5 Å². The van der Waals surface area contributed by atoms with E-state index in [4.69, 9.17) is 4.74 Å². The van der Waals surface area contributed by atoms with Crippen LogP contribution in [0, 0.1) is 0 Å². The van der Waals surface area contributed by atoms with Crippen molar-refractivity contribution in [3.63, 3.8) is 0 Å². The molecule has 0 saturated heterocycles. The first kappa shape index (κ1) is 12.7. The highest BCUT2D eigenvalue weighted by molar-refractivity contribution is 7.99. The molecule has 0 radical (unpaired) electrons. The van der Waals surface area contributed by atoms with E-state index < -0.39 is 0 Å². The normalized spacial score (nSPS) is 10.5. The molecule has 0 aliphatic rings. The van der Waals surface area contributed by atoms with Crippen LogP contribution < -0.4 is 0 Å². The van der Waals surface area contributed by atoms with Gasteiger partial charge in [0.15, 0.2) is 5.78 Å². The van der Waals surface area contributed by atoms with E-state index in [1.807, 2.05) is 29.3 Å². The Morgan fingerprint density at radius 3 is 3.07 bits per heavy atom. The molecule has 0 aliphatic heterocycles. The third-order valence-electron chi connectivity index (χ3n) is 1.92. The van der Waals surface area contributed by atoms with Crippen LogP contribution in [0.5, 0.6) is 0 Å². The van der Waals surface area contributed by atoms with Crippen LogP contribution in [-0.2, 0) is 4.74 Å². The fourth-order valence-corrected chi connectivity index (χ4v) is 2.67. The summed E-state index contributed by atoms with van der Waals surface area (Å²) in [5.74, 6) is 2.34. The second kappa shape index (κ2) is 7.91. The lowest BCUT2D eigenvalue weighted by molar-refractivity contribution is 0.0986. The number of carbonyl (C=O) groups excluding carboxylic acids is 1. The van der Waals surface area contributed by atoms with Crippen molar-refractivity contribution in [2.75, 3.05) is 25.2 Å². The summed E-state index contributed by atoms with van der Waals surface area (Å²) in [6, 6.07) is 3.82. The lowest BCUT2D eigenvalue weighted by Crippen LogP contribution is -1.98. The Balaban J connectivity index is 2.03. The molecule has 0 saturated carbocycles. The number of methoxy groups -OCH3 is 1. The number of thioether (sulfide) groups is 1. The zero-order chi connectivity index (χ0) is 10.9. The minimum absolute atomic E-state index is 0.275. The van der Waals surface area contributed by atoms with Gasteiger partial charge >= 0.3 is 0 Å². The van der Waals surface area contributed by atoms with Crippen LogP contribution in [0.25, 0.3) is 0 Å². The molecule has 2 nitrogen and oxygen atoms in total. The molecule has 0 aromatic carbocycles. The van der Waals surface area contributed by atoms with Gasteiger partial charge in [0, 0.05) is 19.3 Å². The lowest BCUT2D eigenvalue weighted by Gasteiger charge is -2.00. The molecule has 1 aromatic heterocycles. The van der Waals surface area contributed by atoms with Gasteiger partial charge < -0.3 is 4.74 Å². The van der Waals surface area contributed by atoms with Crippen LogP contribution in [0.2, 0.25) is 0 Å². The Morgan fingerprint density at radius 1 is 1.53 bits per heavy atom. The zero-order valence-corrected chi connectivity index (χ0v) is 10.5. The minimum Gasteiger partial charge on any atom is -0.384 e. The summed E-state index contributed by atoms with van der Waals surface area (Å²) in [6.45, 7) is 0.795. The van der Waals surface area contributed by atoms with Gasteiger partial charge in [-0.1, -0.05) is 6.07 Å². The second-order valence-electron chi connectivity index (χ2n) is 3.11. The van der Waals surface area contributed by atoms with Crippen molar-refractivity contribution >= 4 is 28.9 Å². The monoisotopic (exact) mass is 244 g/mol. The molecule has 84 valence electrons. The minimum atomic E-state index is 0.275. The Kier molecular flexibility index (Phi) is 6.72. The third-order valence-corrected chi connectivity index (χ3v) is 3.86. The highest BCUT2D eigenvalue weighted by Crippen LogP contribution is 2.13. The molecule has 1 rings (SSSR count). The van der Waals surface area contributed by atoms with Crippen molar-refractivity contribution in [3.05, 3.63) is 22.4 Å². The van der Waals surface area contributed by atoms with Gasteiger partial charge in [0.1, 0.15) is 0 Å². The molecule has 0 bridgehead atoms. The molecule has 1 heterocycles. The molecule has 0 amide bonds. The fourth-order valence-electron chi connectivity index (χ4n) is 1.14. The van der Waals surface area contributed by atoms with Gasteiger partial charge in [-0.05, 0) is 23.6 Å². The SMILES string of the molecule is COCCSCCCC(=O)c1cccs1. The maximum absolute atomic E-state index is 11.6. The summed E-state index contributed by atoms with van der Waals surface area (Å²) in [4.78, 5) is 12.5. The first-order chi connectivity index (χ1) is 7.34. The summed E-state index contributed by atoms with van der Waals surface area (Å²) < 4.78 is 4.94. The Morgan fingerprint density at radius 2 is 2.40 bits per heavy atom. The fraction of sp³-hybridized carbons (Fsp3) is 0.545. The first-order valence-electron chi connectivity index (χ1n) is 4.98. The highest BCUT2D eigenvalue weighted by atomic mass is 32.2. The van der Waals surface area contributed by atoms with Crippen LogP contribution in [0.4, 0.5) is 0 Å². The van der Waals surface area contributed by atoms with Crippen LogP contribution >= 0.6 is 23.1 Å². The van der Waals surface area contributed by atoms with Crippen molar-refractivity contribution in [1.29, 1.82) is 0 Å². The first-order valence-corrected chi connectivity index (χ1v) is 7.01. The van der Waals surface area contributed by atoms with Crippen LogP contribution in [0.15, 0.2) is 17.5 Å². The van der Waals surface area contributed by atoms with Crippen LogP contribution in [0.3, 0.4) is 0 Å². The lowest BCUT2D eigenvalue weighted by atomic mass is 10.2. The largest absolute Gasteiger partial charge is 0.384 e. The predicted molar refractivity (Wildman–Crippen MR) is 67.1 cm³/mol. The van der Waals surface area contributed by atoms with E-state index in [1.165, 1.54) is 11.3 Å². The van der Waals surface area contributed by atoms with E-state index in [2.05, 4.69) is 0 Å². The summed E-state index contributed by atoms with van der Waals surface area (Å²) in [6.07, 6.45) is 1.63. The molecule has 0 N–H and O–H groups in total. The maximum atomic E-state index is 11.6. The quantitative estimate of drug-likeness (QED) is 0.519. The zero-order valence-electron chi connectivity index (χ0n) is 8.90. The summed E-state index contributed by atoms with van der Waals surface area (Å²) in [5.41, 5.74) is 0. The molecule has 0 unspecified atom stereocenters. The average molecular weight is 244 g/mol. The van der Waals surface area contributed by atoms with Crippen molar-refractivity contribution in [2.24, 2.45) is 0 Å². The van der Waals surface area contributed by atoms with Crippen molar-refractivity contribution in [3.8, 4) is 0 Å². The van der Waals surface area contributed by atoms with Crippen molar-refractivity contribution < 1.29 is 9.53 Å². The van der Waals surface area contributed by atoms with E-state index in [9.17, 15) is 4.79 Å². The number of Topliss-reactive ketones (excluding diaryl/α,β-unsaturated/α-hetero) is 1. The molecular weight excluding hydrogens is 228 g/mol. The van der Waals surface area contributed by atoms with Crippen molar-refractivity contribution in [1.82, 2.24) is 0 Å². The summed E-state index contributed by atoms with van der Waals surface area (Å²) >= 11 is 3.37. The van der Waals surface area contributed by atoms with E-state index >= 15 is 0 Å². The van der Waals surface area contributed by atoms with Gasteiger partial charge in [-0.25, -0.2) is 0 Å². The standard InChI is InChI=1S/C11H16O2S2/c1-13-6-9-14-7-2-4-10(12)11-5-3-8-15-11/h3,5,8H,2,4,6-7,9H2,1H3. The van der Waals surface area contributed by atoms with Crippen LogP contribution in [0.1, 0.15) is 22.5 Å². The molecule has 4 heteroatoms. The van der Waals surface area contributed by atoms with Gasteiger partial charge in [0.2, 0.25) is 0 Å². The number of rotatable bonds is 8. The second-order valence-corrected chi connectivity index (χ2v) is 5.28. The molecule has 0 spiro atoms. The maximum Gasteiger partial charge on any atom is 0.172 e. The molecule has 1 aromatic rings. The predicted octanol–water partition coefficient (Wildman–Crippen LogP) is 3.09. The Bertz CT molecular complexity index is 270. The summed E-state index contributed by atoms with van der Waals surface area (Å²) in [5, 5.41) is 1.95. The van der Waals surface area contributed by atoms with Gasteiger partial charge in [0.25, 0.3) is 0 Å². The summed E-state index contributed by atoms with van der Waals surface area (Å²) in [7, 11) is 1.71. The molecule has 0 atom stereocenters. The van der Waals surface area contributed by atoms with Gasteiger partial charge in [-0.3, -0.25) is 4.79 Å². The van der Waals surface area contributed by atoms with E-state index in [0.29, 0.717) is 6.42 Å². The van der Waals surface area contributed by atoms with Crippen molar-refractivity contribution in [2.45, 2.75) is 12.8 Å². The number of carbonyl (C=O) groups is 1. The number of hydrogen-bond donors (Lipinski definition) is 0. The number of ether oxygens (including phenoxy) is 1. The molecule has 0 fully saturated rings. The van der Waals surface area contributed by atoms with Gasteiger partial charge in [-0.2, -0.15) is 11.8 Å². The van der Waals surface area contributed by atoms with Gasteiger partial charge in [-0.15, -0.1) is 11.3 Å². The van der Waals surface area contributed by atoms with Crippen LogP contribution in [-0.4, -0.2) is 31.0 Å².